The van der Waals surface area contributed by atoms with Gasteiger partial charge < -0.3 is 5.32 Å². The van der Waals surface area contributed by atoms with Gasteiger partial charge in [-0.05, 0) is 37.8 Å². The first-order chi connectivity index (χ1) is 9.90. The first-order valence-corrected chi connectivity index (χ1v) is 7.26. The summed E-state index contributed by atoms with van der Waals surface area (Å²) in [6, 6.07) is 2.00. The Morgan fingerprint density at radius 2 is 2.19 bits per heavy atom. The number of nitro groups is 1. The summed E-state index contributed by atoms with van der Waals surface area (Å²) >= 11 is 1.58. The van der Waals surface area contributed by atoms with Crippen LogP contribution in [0.4, 0.5) is 5.69 Å². The molecule has 0 unspecified atom stereocenters. The Morgan fingerprint density at radius 3 is 2.71 bits per heavy atom. The fourth-order valence-electron chi connectivity index (χ4n) is 2.06. The zero-order chi connectivity index (χ0) is 15.6. The first kappa shape index (κ1) is 15.2. The molecule has 2 heterocycles. The molecule has 0 aliphatic heterocycles. The van der Waals surface area contributed by atoms with Crippen LogP contribution in [0.5, 0.6) is 0 Å². The van der Waals surface area contributed by atoms with Gasteiger partial charge in [-0.3, -0.25) is 19.6 Å². The van der Waals surface area contributed by atoms with Crippen LogP contribution in [0.25, 0.3) is 0 Å². The van der Waals surface area contributed by atoms with Gasteiger partial charge in [-0.25, -0.2) is 0 Å². The van der Waals surface area contributed by atoms with Gasteiger partial charge >= 0.3 is 5.69 Å². The lowest BCUT2D eigenvalue weighted by molar-refractivity contribution is -0.386. The number of hydrogen-bond donors (Lipinski definition) is 1. The lowest BCUT2D eigenvalue weighted by Crippen LogP contribution is -2.27. The highest BCUT2D eigenvalue weighted by molar-refractivity contribution is 7.10. The molecule has 0 aromatic carbocycles. The minimum atomic E-state index is -0.471. The molecule has 2 aromatic rings. The normalized spacial score (nSPS) is 10.6. The Morgan fingerprint density at radius 1 is 1.48 bits per heavy atom. The molecule has 0 aliphatic carbocycles. The third-order valence-electron chi connectivity index (χ3n) is 3.23. The number of carbonyl (C=O) groups is 1. The summed E-state index contributed by atoms with van der Waals surface area (Å²) in [6.45, 7) is 5.58. The fraction of sp³-hybridized carbons (Fsp3) is 0.385. The van der Waals surface area contributed by atoms with Gasteiger partial charge in [0.1, 0.15) is 17.9 Å². The van der Waals surface area contributed by atoms with Crippen LogP contribution in [-0.2, 0) is 17.9 Å². The molecule has 0 fully saturated rings. The molecule has 0 bridgehead atoms. The minimum absolute atomic E-state index is 0.0229. The van der Waals surface area contributed by atoms with Gasteiger partial charge in [0.05, 0.1) is 11.5 Å². The van der Waals surface area contributed by atoms with Crippen LogP contribution in [0, 0.1) is 30.9 Å². The van der Waals surface area contributed by atoms with E-state index in [1.54, 1.807) is 25.2 Å². The number of amides is 1. The van der Waals surface area contributed by atoms with E-state index in [0.29, 0.717) is 17.9 Å². The van der Waals surface area contributed by atoms with Crippen LogP contribution in [-0.4, -0.2) is 20.6 Å². The maximum Gasteiger partial charge on any atom is 0.312 e. The monoisotopic (exact) mass is 308 g/mol. The molecule has 0 atom stereocenters. The molecular weight excluding hydrogens is 292 g/mol. The largest absolute Gasteiger partial charge is 0.350 e. The molecule has 21 heavy (non-hydrogen) atoms. The van der Waals surface area contributed by atoms with Gasteiger partial charge in [0.15, 0.2) is 0 Å². The summed E-state index contributed by atoms with van der Waals surface area (Å²) in [5.74, 6) is -0.219. The lowest BCUT2D eigenvalue weighted by Gasteiger charge is -2.06. The Labute approximate surface area is 125 Å². The number of nitrogens with zero attached hydrogens (tertiary/aromatic N) is 3. The van der Waals surface area contributed by atoms with E-state index >= 15 is 0 Å². The standard InChI is InChI=1S/C13H16N4O3S/c1-8-4-5-21-11(8)6-14-12(18)7-16-10(3)13(17(19)20)9(2)15-16/h4-5H,6-7H2,1-3H3,(H,14,18). The van der Waals surface area contributed by atoms with Crippen molar-refractivity contribution < 1.29 is 9.72 Å². The van der Waals surface area contributed by atoms with E-state index in [0.717, 1.165) is 10.4 Å². The molecule has 2 aromatic heterocycles. The fourth-order valence-corrected chi connectivity index (χ4v) is 2.91. The molecule has 1 amide bonds. The Hall–Kier alpha value is -2.22. The Kier molecular flexibility index (Phi) is 4.37. The molecular formula is C13H16N4O3S. The van der Waals surface area contributed by atoms with Gasteiger partial charge in [-0.2, -0.15) is 5.10 Å². The maximum absolute atomic E-state index is 11.9. The van der Waals surface area contributed by atoms with Crippen LogP contribution in [0.15, 0.2) is 11.4 Å². The predicted octanol–water partition coefficient (Wildman–Crippen LogP) is 2.09. The number of nitrogens with one attached hydrogen (secondary N) is 1. The third-order valence-corrected chi connectivity index (χ3v) is 4.26. The van der Waals surface area contributed by atoms with Crippen molar-refractivity contribution in [3.05, 3.63) is 43.4 Å². The topological polar surface area (TPSA) is 90.1 Å². The average Bonchev–Trinajstić information content (AvgIpc) is 2.91. The molecule has 1 N–H and O–H groups in total. The van der Waals surface area contributed by atoms with Gasteiger partial charge in [0.25, 0.3) is 0 Å². The smallest absolute Gasteiger partial charge is 0.312 e. The van der Waals surface area contributed by atoms with Crippen molar-refractivity contribution in [1.29, 1.82) is 0 Å². The number of thiophene rings is 1. The lowest BCUT2D eigenvalue weighted by atomic mass is 10.3. The van der Waals surface area contributed by atoms with E-state index in [1.165, 1.54) is 4.68 Å². The predicted molar refractivity (Wildman–Crippen MR) is 79.3 cm³/mol. The van der Waals surface area contributed by atoms with Crippen LogP contribution >= 0.6 is 11.3 Å². The van der Waals surface area contributed by atoms with E-state index in [4.69, 9.17) is 0 Å². The number of carbonyl (C=O) groups excluding carboxylic acids is 1. The van der Waals surface area contributed by atoms with E-state index in [2.05, 4.69) is 10.4 Å². The first-order valence-electron chi connectivity index (χ1n) is 6.38. The molecule has 7 nitrogen and oxygen atoms in total. The second kappa shape index (κ2) is 6.04. The van der Waals surface area contributed by atoms with E-state index in [-0.39, 0.29) is 18.1 Å². The number of rotatable bonds is 5. The van der Waals surface area contributed by atoms with Gasteiger partial charge in [0.2, 0.25) is 5.91 Å². The number of hydrogen-bond acceptors (Lipinski definition) is 5. The molecule has 0 radical (unpaired) electrons. The molecule has 0 spiro atoms. The Bertz CT molecular complexity index is 690. The number of aromatic nitrogens is 2. The van der Waals surface area contributed by atoms with Gasteiger partial charge in [0, 0.05) is 4.88 Å². The highest BCUT2D eigenvalue weighted by Gasteiger charge is 2.22. The quantitative estimate of drug-likeness (QED) is 0.676. The van der Waals surface area contributed by atoms with Crippen LogP contribution in [0.2, 0.25) is 0 Å². The van der Waals surface area contributed by atoms with Crippen LogP contribution in [0.1, 0.15) is 21.8 Å². The van der Waals surface area contributed by atoms with Crippen molar-refractivity contribution in [3.63, 3.8) is 0 Å². The van der Waals surface area contributed by atoms with Crippen molar-refractivity contribution in [2.24, 2.45) is 0 Å². The van der Waals surface area contributed by atoms with Crippen molar-refractivity contribution in [3.8, 4) is 0 Å². The van der Waals surface area contributed by atoms with Crippen molar-refractivity contribution in [2.45, 2.75) is 33.9 Å². The van der Waals surface area contributed by atoms with E-state index in [9.17, 15) is 14.9 Å². The zero-order valence-electron chi connectivity index (χ0n) is 12.0. The molecule has 0 aliphatic rings. The summed E-state index contributed by atoms with van der Waals surface area (Å²) < 4.78 is 1.37. The molecule has 112 valence electrons. The molecule has 2 rings (SSSR count). The summed E-state index contributed by atoms with van der Waals surface area (Å²) in [5, 5.41) is 19.7. The highest BCUT2D eigenvalue weighted by atomic mass is 32.1. The van der Waals surface area contributed by atoms with Crippen LogP contribution < -0.4 is 5.32 Å². The molecule has 0 saturated heterocycles. The van der Waals surface area contributed by atoms with Crippen molar-refractivity contribution in [1.82, 2.24) is 15.1 Å². The van der Waals surface area contributed by atoms with Gasteiger partial charge in [-0.1, -0.05) is 0 Å². The summed E-state index contributed by atoms with van der Waals surface area (Å²) in [6.07, 6.45) is 0. The average molecular weight is 308 g/mol. The van der Waals surface area contributed by atoms with Crippen molar-refractivity contribution >= 4 is 22.9 Å². The highest BCUT2D eigenvalue weighted by Crippen LogP contribution is 2.21. The third kappa shape index (κ3) is 3.27. The summed E-state index contributed by atoms with van der Waals surface area (Å²) in [4.78, 5) is 23.5. The SMILES string of the molecule is Cc1ccsc1CNC(=O)Cn1nc(C)c([N+](=O)[O-])c1C. The number of aryl methyl sites for hydroxylation is 2. The molecule has 0 saturated carbocycles. The van der Waals surface area contributed by atoms with Crippen LogP contribution in [0.3, 0.4) is 0 Å². The maximum atomic E-state index is 11.9. The van der Waals surface area contributed by atoms with E-state index in [1.807, 2.05) is 18.4 Å². The van der Waals surface area contributed by atoms with Crippen molar-refractivity contribution in [2.75, 3.05) is 0 Å². The second-order valence-electron chi connectivity index (χ2n) is 4.74. The summed E-state index contributed by atoms with van der Waals surface area (Å²) in [5.41, 5.74) is 1.82. The van der Waals surface area contributed by atoms with E-state index < -0.39 is 4.92 Å². The van der Waals surface area contributed by atoms with Gasteiger partial charge in [-0.15, -0.1) is 11.3 Å². The second-order valence-corrected chi connectivity index (χ2v) is 5.74. The summed E-state index contributed by atoms with van der Waals surface area (Å²) in [7, 11) is 0. The Balaban J connectivity index is 2.02. The minimum Gasteiger partial charge on any atom is -0.350 e. The zero-order valence-corrected chi connectivity index (χ0v) is 12.9. The molecule has 8 heteroatoms.